The molecule has 0 saturated heterocycles. The molecule has 0 aliphatic carbocycles. The molecule has 96 valence electrons. The van der Waals surface area contributed by atoms with Crippen LogP contribution in [0.2, 0.25) is 0 Å². The number of rotatable bonds is 6. The summed E-state index contributed by atoms with van der Waals surface area (Å²) in [5.41, 5.74) is 1.55. The third-order valence-electron chi connectivity index (χ3n) is 2.58. The lowest BCUT2D eigenvalue weighted by molar-refractivity contribution is 0.298. The molecule has 0 fully saturated rings. The van der Waals surface area contributed by atoms with E-state index in [0.717, 1.165) is 31.7 Å². The number of ether oxygens (including phenoxy) is 1. The second-order valence-corrected chi connectivity index (χ2v) is 5.38. The molecule has 2 heteroatoms. The van der Waals surface area contributed by atoms with Gasteiger partial charge in [0.1, 0.15) is 5.75 Å². The third-order valence-corrected chi connectivity index (χ3v) is 2.58. The normalized spacial score (nSPS) is 11.5. The van der Waals surface area contributed by atoms with Crippen molar-refractivity contribution in [1.29, 1.82) is 0 Å². The Balaban J connectivity index is 2.18. The van der Waals surface area contributed by atoms with Gasteiger partial charge in [-0.05, 0) is 57.9 Å². The molecule has 0 aliphatic heterocycles. The molecule has 0 atom stereocenters. The standard InChI is InChI=1S/C15H25NO/c1-5-13-7-9-14(10-8-13)17-12-6-11-16-15(2,3)4/h7-10,16H,5-6,11-12H2,1-4H3. The highest BCUT2D eigenvalue weighted by Gasteiger charge is 2.06. The molecule has 1 aromatic carbocycles. The summed E-state index contributed by atoms with van der Waals surface area (Å²) in [6.45, 7) is 10.5. The van der Waals surface area contributed by atoms with Crippen molar-refractivity contribution < 1.29 is 4.74 Å². The maximum absolute atomic E-state index is 5.68. The Bertz CT molecular complexity index is 311. The molecule has 1 rings (SSSR count). The van der Waals surface area contributed by atoms with Crippen molar-refractivity contribution in [2.75, 3.05) is 13.2 Å². The highest BCUT2D eigenvalue weighted by molar-refractivity contribution is 5.27. The van der Waals surface area contributed by atoms with Crippen molar-refractivity contribution in [3.63, 3.8) is 0 Å². The zero-order chi connectivity index (χ0) is 12.7. The highest BCUT2D eigenvalue weighted by Crippen LogP contribution is 2.12. The van der Waals surface area contributed by atoms with Crippen LogP contribution < -0.4 is 10.1 Å². The summed E-state index contributed by atoms with van der Waals surface area (Å²) in [7, 11) is 0. The Morgan fingerprint density at radius 2 is 1.76 bits per heavy atom. The van der Waals surface area contributed by atoms with Gasteiger partial charge in [-0.3, -0.25) is 0 Å². The monoisotopic (exact) mass is 235 g/mol. The fraction of sp³-hybridized carbons (Fsp3) is 0.600. The maximum Gasteiger partial charge on any atom is 0.119 e. The summed E-state index contributed by atoms with van der Waals surface area (Å²) >= 11 is 0. The largest absolute Gasteiger partial charge is 0.494 e. The van der Waals surface area contributed by atoms with Crippen LogP contribution in [0.4, 0.5) is 0 Å². The van der Waals surface area contributed by atoms with Crippen LogP contribution in [-0.4, -0.2) is 18.7 Å². The number of hydrogen-bond acceptors (Lipinski definition) is 2. The molecule has 1 aromatic rings. The minimum atomic E-state index is 0.197. The van der Waals surface area contributed by atoms with Gasteiger partial charge in [0.25, 0.3) is 0 Å². The Kier molecular flexibility index (Phi) is 5.49. The molecular formula is C15H25NO. The van der Waals surface area contributed by atoms with Gasteiger partial charge >= 0.3 is 0 Å². The van der Waals surface area contributed by atoms with E-state index in [1.54, 1.807) is 0 Å². The lowest BCUT2D eigenvalue weighted by atomic mass is 10.1. The summed E-state index contributed by atoms with van der Waals surface area (Å²) in [6, 6.07) is 8.36. The van der Waals surface area contributed by atoms with E-state index in [9.17, 15) is 0 Å². The van der Waals surface area contributed by atoms with Crippen molar-refractivity contribution in [2.45, 2.75) is 46.1 Å². The van der Waals surface area contributed by atoms with Crippen molar-refractivity contribution >= 4 is 0 Å². The van der Waals surface area contributed by atoms with Crippen molar-refractivity contribution in [3.05, 3.63) is 29.8 Å². The van der Waals surface area contributed by atoms with Crippen molar-refractivity contribution in [3.8, 4) is 5.75 Å². The Morgan fingerprint density at radius 1 is 1.12 bits per heavy atom. The van der Waals surface area contributed by atoms with Gasteiger partial charge in [0.05, 0.1) is 6.61 Å². The SMILES string of the molecule is CCc1ccc(OCCCNC(C)(C)C)cc1. The molecular weight excluding hydrogens is 210 g/mol. The van der Waals surface area contributed by atoms with Crippen LogP contribution in [0.1, 0.15) is 39.7 Å². The van der Waals surface area contributed by atoms with Crippen molar-refractivity contribution in [1.82, 2.24) is 5.32 Å². The first-order chi connectivity index (χ1) is 8.01. The molecule has 0 aromatic heterocycles. The van der Waals surface area contributed by atoms with E-state index in [-0.39, 0.29) is 5.54 Å². The summed E-state index contributed by atoms with van der Waals surface area (Å²) in [4.78, 5) is 0. The summed E-state index contributed by atoms with van der Waals surface area (Å²) in [6.07, 6.45) is 2.11. The predicted molar refractivity (Wildman–Crippen MR) is 73.7 cm³/mol. The molecule has 0 saturated carbocycles. The second-order valence-electron chi connectivity index (χ2n) is 5.38. The molecule has 0 bridgehead atoms. The smallest absolute Gasteiger partial charge is 0.119 e. The lowest BCUT2D eigenvalue weighted by Crippen LogP contribution is -2.36. The van der Waals surface area contributed by atoms with Gasteiger partial charge in [0, 0.05) is 5.54 Å². The summed E-state index contributed by atoms with van der Waals surface area (Å²) in [5, 5.41) is 3.45. The number of hydrogen-bond donors (Lipinski definition) is 1. The molecule has 0 aliphatic rings. The van der Waals surface area contributed by atoms with Gasteiger partial charge in [-0.1, -0.05) is 19.1 Å². The van der Waals surface area contributed by atoms with Crippen molar-refractivity contribution in [2.24, 2.45) is 0 Å². The Hall–Kier alpha value is -1.02. The van der Waals surface area contributed by atoms with E-state index in [0.29, 0.717) is 0 Å². The van der Waals surface area contributed by atoms with Gasteiger partial charge in [0.2, 0.25) is 0 Å². The van der Waals surface area contributed by atoms with E-state index >= 15 is 0 Å². The van der Waals surface area contributed by atoms with Crippen LogP contribution in [0.15, 0.2) is 24.3 Å². The predicted octanol–water partition coefficient (Wildman–Crippen LogP) is 3.41. The van der Waals surface area contributed by atoms with E-state index in [2.05, 4.69) is 57.3 Å². The van der Waals surface area contributed by atoms with Gasteiger partial charge in [-0.2, -0.15) is 0 Å². The number of aryl methyl sites for hydroxylation is 1. The summed E-state index contributed by atoms with van der Waals surface area (Å²) < 4.78 is 5.68. The van der Waals surface area contributed by atoms with Gasteiger partial charge in [-0.25, -0.2) is 0 Å². The fourth-order valence-corrected chi connectivity index (χ4v) is 1.55. The van der Waals surface area contributed by atoms with E-state index in [1.165, 1.54) is 5.56 Å². The number of nitrogens with one attached hydrogen (secondary N) is 1. The van der Waals surface area contributed by atoms with E-state index in [4.69, 9.17) is 4.74 Å². The minimum Gasteiger partial charge on any atom is -0.494 e. The zero-order valence-electron chi connectivity index (χ0n) is 11.5. The highest BCUT2D eigenvalue weighted by atomic mass is 16.5. The Morgan fingerprint density at radius 3 is 2.29 bits per heavy atom. The van der Waals surface area contributed by atoms with Gasteiger partial charge in [0.15, 0.2) is 0 Å². The summed E-state index contributed by atoms with van der Waals surface area (Å²) in [5.74, 6) is 0.970. The molecule has 2 nitrogen and oxygen atoms in total. The van der Waals surface area contributed by atoms with Gasteiger partial charge in [-0.15, -0.1) is 0 Å². The first-order valence-corrected chi connectivity index (χ1v) is 6.48. The van der Waals surface area contributed by atoms with Crippen LogP contribution in [0.25, 0.3) is 0 Å². The van der Waals surface area contributed by atoms with Crippen LogP contribution in [-0.2, 0) is 6.42 Å². The first-order valence-electron chi connectivity index (χ1n) is 6.48. The molecule has 0 heterocycles. The topological polar surface area (TPSA) is 21.3 Å². The molecule has 1 N–H and O–H groups in total. The van der Waals surface area contributed by atoms with Gasteiger partial charge < -0.3 is 10.1 Å². The van der Waals surface area contributed by atoms with Crippen LogP contribution in [0.3, 0.4) is 0 Å². The van der Waals surface area contributed by atoms with E-state index in [1.807, 2.05) is 0 Å². The third kappa shape index (κ3) is 6.32. The number of benzene rings is 1. The molecule has 17 heavy (non-hydrogen) atoms. The maximum atomic E-state index is 5.68. The molecule has 0 unspecified atom stereocenters. The van der Waals surface area contributed by atoms with Crippen LogP contribution >= 0.6 is 0 Å². The quantitative estimate of drug-likeness (QED) is 0.763. The second kappa shape index (κ2) is 6.65. The molecule has 0 amide bonds. The lowest BCUT2D eigenvalue weighted by Gasteiger charge is -2.20. The molecule has 0 radical (unpaired) electrons. The van der Waals surface area contributed by atoms with E-state index < -0.39 is 0 Å². The first kappa shape index (κ1) is 14.0. The zero-order valence-corrected chi connectivity index (χ0v) is 11.5. The van der Waals surface area contributed by atoms with Crippen LogP contribution in [0.5, 0.6) is 5.75 Å². The van der Waals surface area contributed by atoms with Crippen LogP contribution in [0, 0.1) is 0 Å². The minimum absolute atomic E-state index is 0.197. The average Bonchev–Trinajstić information content (AvgIpc) is 2.28. The fourth-order valence-electron chi connectivity index (χ4n) is 1.55. The average molecular weight is 235 g/mol. The molecule has 0 spiro atoms. The Labute approximate surface area is 105 Å².